The lowest BCUT2D eigenvalue weighted by Crippen LogP contribution is -2.05. The highest BCUT2D eigenvalue weighted by molar-refractivity contribution is 5.91. The topological polar surface area (TPSA) is 109 Å². The van der Waals surface area contributed by atoms with E-state index in [1.165, 1.54) is 6.92 Å². The maximum atomic E-state index is 11.3. The summed E-state index contributed by atoms with van der Waals surface area (Å²) in [6.07, 6.45) is 3.44. The second-order valence-electron chi connectivity index (χ2n) is 6.41. The highest BCUT2D eigenvalue weighted by Gasteiger charge is 2.11. The van der Waals surface area contributed by atoms with Gasteiger partial charge in [-0.25, -0.2) is 14.3 Å². The van der Waals surface area contributed by atoms with Crippen LogP contribution < -0.4 is 10.6 Å². The van der Waals surface area contributed by atoms with Crippen LogP contribution in [0.5, 0.6) is 0 Å². The van der Waals surface area contributed by atoms with E-state index in [0.29, 0.717) is 17.2 Å². The summed E-state index contributed by atoms with van der Waals surface area (Å²) in [5, 5.41) is 19.5. The number of carbonyl (C=O) groups is 2. The molecule has 8 heteroatoms. The minimum absolute atomic E-state index is 0.127. The Balaban J connectivity index is 1.64. The standard InChI is InChI=1S/C21H17N5O3/c1-13(27)23-16-5-7-17(8-6-16)24-19-9-10-26-20(25-19)18(12-22-26)14-3-2-4-15(11-14)21(28)29/h2-12H,1H3,(H,23,27)(H,24,25)(H,28,29). The number of carboxylic acids is 1. The molecule has 0 aliphatic carbocycles. The van der Waals surface area contributed by atoms with Gasteiger partial charge in [0.15, 0.2) is 5.65 Å². The third kappa shape index (κ3) is 3.91. The number of fused-ring (bicyclic) bond motifs is 1. The van der Waals surface area contributed by atoms with E-state index in [1.807, 2.05) is 18.2 Å². The first-order valence-corrected chi connectivity index (χ1v) is 8.82. The zero-order valence-corrected chi connectivity index (χ0v) is 15.5. The number of hydrogen-bond donors (Lipinski definition) is 3. The van der Waals surface area contributed by atoms with Crippen LogP contribution in [0.25, 0.3) is 16.8 Å². The van der Waals surface area contributed by atoms with Gasteiger partial charge in [0, 0.05) is 30.1 Å². The third-order valence-electron chi connectivity index (χ3n) is 4.27. The number of nitrogens with zero attached hydrogens (tertiary/aromatic N) is 3. The SMILES string of the molecule is CC(=O)Nc1ccc(Nc2ccn3ncc(-c4cccc(C(=O)O)c4)c3n2)cc1. The zero-order chi connectivity index (χ0) is 20.4. The van der Waals surface area contributed by atoms with Crippen LogP contribution in [0.15, 0.2) is 67.0 Å². The largest absolute Gasteiger partial charge is 0.478 e. The van der Waals surface area contributed by atoms with E-state index in [1.54, 1.807) is 53.3 Å². The number of anilines is 3. The average Bonchev–Trinajstić information content (AvgIpc) is 3.12. The molecular weight excluding hydrogens is 370 g/mol. The molecule has 2 aromatic carbocycles. The van der Waals surface area contributed by atoms with Crippen LogP contribution in [0.4, 0.5) is 17.2 Å². The van der Waals surface area contributed by atoms with Gasteiger partial charge < -0.3 is 15.7 Å². The molecule has 29 heavy (non-hydrogen) atoms. The molecule has 0 saturated carbocycles. The van der Waals surface area contributed by atoms with Crippen molar-refractivity contribution in [2.75, 3.05) is 10.6 Å². The molecule has 3 N–H and O–H groups in total. The van der Waals surface area contributed by atoms with Gasteiger partial charge >= 0.3 is 5.97 Å². The Morgan fingerprint density at radius 2 is 1.79 bits per heavy atom. The van der Waals surface area contributed by atoms with Crippen molar-refractivity contribution in [2.24, 2.45) is 0 Å². The normalized spacial score (nSPS) is 10.7. The summed E-state index contributed by atoms with van der Waals surface area (Å²) in [5.74, 6) is -0.500. The molecule has 0 atom stereocenters. The number of benzene rings is 2. The van der Waals surface area contributed by atoms with Gasteiger partial charge in [-0.2, -0.15) is 5.10 Å². The van der Waals surface area contributed by atoms with Crippen LogP contribution >= 0.6 is 0 Å². The average molecular weight is 387 g/mol. The summed E-state index contributed by atoms with van der Waals surface area (Å²) in [5.41, 5.74) is 3.79. The van der Waals surface area contributed by atoms with E-state index in [9.17, 15) is 14.7 Å². The maximum Gasteiger partial charge on any atom is 0.335 e. The Kier molecular flexibility index (Phi) is 4.66. The predicted molar refractivity (Wildman–Crippen MR) is 109 cm³/mol. The van der Waals surface area contributed by atoms with Crippen molar-refractivity contribution in [3.63, 3.8) is 0 Å². The number of aromatic nitrogens is 3. The molecule has 0 radical (unpaired) electrons. The van der Waals surface area contributed by atoms with Crippen LogP contribution in [0, 0.1) is 0 Å². The number of hydrogen-bond acceptors (Lipinski definition) is 5. The number of aromatic carboxylic acids is 1. The van der Waals surface area contributed by atoms with Gasteiger partial charge in [0.2, 0.25) is 5.91 Å². The Bertz CT molecular complexity index is 1210. The lowest BCUT2D eigenvalue weighted by atomic mass is 10.1. The number of nitrogens with one attached hydrogen (secondary N) is 2. The molecule has 0 saturated heterocycles. The molecule has 0 spiro atoms. The fourth-order valence-corrected chi connectivity index (χ4v) is 2.95. The number of carboxylic acid groups (broad SMARTS) is 1. The Morgan fingerprint density at radius 3 is 2.52 bits per heavy atom. The zero-order valence-electron chi connectivity index (χ0n) is 15.5. The van der Waals surface area contributed by atoms with E-state index in [-0.39, 0.29) is 11.5 Å². The maximum absolute atomic E-state index is 11.3. The highest BCUT2D eigenvalue weighted by atomic mass is 16.4. The lowest BCUT2D eigenvalue weighted by molar-refractivity contribution is -0.114. The van der Waals surface area contributed by atoms with Gasteiger partial charge in [-0.05, 0) is 48.0 Å². The molecule has 4 rings (SSSR count). The fraction of sp³-hybridized carbons (Fsp3) is 0.0476. The summed E-state index contributed by atoms with van der Waals surface area (Å²) in [7, 11) is 0. The van der Waals surface area contributed by atoms with Crippen molar-refractivity contribution < 1.29 is 14.7 Å². The van der Waals surface area contributed by atoms with E-state index in [4.69, 9.17) is 0 Å². The molecule has 4 aromatic rings. The minimum Gasteiger partial charge on any atom is -0.478 e. The molecule has 8 nitrogen and oxygen atoms in total. The first-order chi connectivity index (χ1) is 14.0. The molecule has 2 aromatic heterocycles. The van der Waals surface area contributed by atoms with E-state index >= 15 is 0 Å². The second-order valence-corrected chi connectivity index (χ2v) is 6.41. The van der Waals surface area contributed by atoms with Crippen LogP contribution in [-0.4, -0.2) is 31.6 Å². The Labute approximate surface area is 165 Å². The summed E-state index contributed by atoms with van der Waals surface area (Å²) in [6.45, 7) is 1.46. The summed E-state index contributed by atoms with van der Waals surface area (Å²) in [6, 6.07) is 15.7. The van der Waals surface area contributed by atoms with Gasteiger partial charge in [-0.1, -0.05) is 12.1 Å². The molecule has 0 aliphatic heterocycles. The number of rotatable bonds is 5. The fourth-order valence-electron chi connectivity index (χ4n) is 2.95. The van der Waals surface area contributed by atoms with E-state index < -0.39 is 5.97 Å². The Morgan fingerprint density at radius 1 is 1.03 bits per heavy atom. The smallest absolute Gasteiger partial charge is 0.335 e. The number of carbonyl (C=O) groups excluding carboxylic acids is 1. The summed E-state index contributed by atoms with van der Waals surface area (Å²) < 4.78 is 1.63. The predicted octanol–water partition coefficient (Wildman–Crippen LogP) is 3.80. The highest BCUT2D eigenvalue weighted by Crippen LogP contribution is 2.26. The van der Waals surface area contributed by atoms with Gasteiger partial charge in [-0.15, -0.1) is 0 Å². The van der Waals surface area contributed by atoms with Gasteiger partial charge in [0.1, 0.15) is 5.82 Å². The van der Waals surface area contributed by atoms with Gasteiger partial charge in [0.25, 0.3) is 0 Å². The lowest BCUT2D eigenvalue weighted by Gasteiger charge is -2.08. The molecular formula is C21H17N5O3. The minimum atomic E-state index is -0.985. The van der Waals surface area contributed by atoms with Crippen LogP contribution in [0.2, 0.25) is 0 Å². The molecule has 0 fully saturated rings. The quantitative estimate of drug-likeness (QED) is 0.481. The van der Waals surface area contributed by atoms with Crippen LogP contribution in [-0.2, 0) is 4.79 Å². The van der Waals surface area contributed by atoms with Gasteiger partial charge in [0.05, 0.1) is 11.8 Å². The first kappa shape index (κ1) is 18.2. The van der Waals surface area contributed by atoms with Crippen molar-refractivity contribution >= 4 is 34.7 Å². The van der Waals surface area contributed by atoms with Crippen molar-refractivity contribution in [1.29, 1.82) is 0 Å². The summed E-state index contributed by atoms with van der Waals surface area (Å²) in [4.78, 5) is 27.0. The molecule has 1 amide bonds. The monoisotopic (exact) mass is 387 g/mol. The van der Waals surface area contributed by atoms with E-state index in [0.717, 1.165) is 16.8 Å². The summed E-state index contributed by atoms with van der Waals surface area (Å²) >= 11 is 0. The third-order valence-corrected chi connectivity index (χ3v) is 4.27. The molecule has 0 unspecified atom stereocenters. The van der Waals surface area contributed by atoms with Crippen molar-refractivity contribution in [3.8, 4) is 11.1 Å². The van der Waals surface area contributed by atoms with E-state index in [2.05, 4.69) is 20.7 Å². The Hall–Kier alpha value is -4.20. The molecule has 0 aliphatic rings. The second kappa shape index (κ2) is 7.43. The number of amides is 1. The van der Waals surface area contributed by atoms with Gasteiger partial charge in [-0.3, -0.25) is 4.79 Å². The van der Waals surface area contributed by atoms with Crippen LogP contribution in [0.3, 0.4) is 0 Å². The van der Waals surface area contributed by atoms with Crippen molar-refractivity contribution in [2.45, 2.75) is 6.92 Å². The first-order valence-electron chi connectivity index (χ1n) is 8.82. The molecule has 2 heterocycles. The van der Waals surface area contributed by atoms with Crippen LogP contribution in [0.1, 0.15) is 17.3 Å². The van der Waals surface area contributed by atoms with Crippen molar-refractivity contribution in [1.82, 2.24) is 14.6 Å². The van der Waals surface area contributed by atoms with Crippen molar-refractivity contribution in [3.05, 3.63) is 72.6 Å². The molecule has 144 valence electrons. The molecule has 0 bridgehead atoms.